The summed E-state index contributed by atoms with van der Waals surface area (Å²) in [6.45, 7) is 0. The van der Waals surface area contributed by atoms with Crippen LogP contribution < -0.4 is 0 Å². The number of aromatic nitrogens is 4. The smallest absolute Gasteiger partial charge is 0.164 e. The minimum atomic E-state index is 0.615. The molecule has 3 heterocycles. The lowest BCUT2D eigenvalue weighted by Crippen LogP contribution is -2.02. The Bertz CT molecular complexity index is 3180. The summed E-state index contributed by atoms with van der Waals surface area (Å²) >= 11 is 0. The monoisotopic (exact) mass is 716 g/mol. The zero-order valence-electron chi connectivity index (χ0n) is 30.2. The summed E-state index contributed by atoms with van der Waals surface area (Å²) in [4.78, 5) is 15.1. The Morgan fingerprint density at radius 3 is 1.52 bits per heavy atom. The highest BCUT2D eigenvalue weighted by Crippen LogP contribution is 2.40. The van der Waals surface area contributed by atoms with Crippen molar-refractivity contribution in [2.45, 2.75) is 0 Å². The number of para-hydroxylation sites is 2. The molecule has 0 N–H and O–H groups in total. The minimum absolute atomic E-state index is 0.615. The van der Waals surface area contributed by atoms with Crippen LogP contribution in [-0.4, -0.2) is 19.5 Å². The van der Waals surface area contributed by atoms with E-state index in [0.29, 0.717) is 17.5 Å². The molecular weight excluding hydrogens is 685 g/mol. The molecule has 0 amide bonds. The molecule has 56 heavy (non-hydrogen) atoms. The summed E-state index contributed by atoms with van der Waals surface area (Å²) in [6, 6.07) is 67.6. The van der Waals surface area contributed by atoms with E-state index in [2.05, 4.69) is 126 Å². The fourth-order valence-electron chi connectivity index (χ4n) is 7.97. The summed E-state index contributed by atoms with van der Waals surface area (Å²) < 4.78 is 8.55. The van der Waals surface area contributed by atoms with Crippen LogP contribution in [0.5, 0.6) is 0 Å². The van der Waals surface area contributed by atoms with E-state index in [0.717, 1.165) is 77.6 Å². The normalized spacial score (nSPS) is 11.6. The molecule has 3 aromatic heterocycles. The van der Waals surface area contributed by atoms with Gasteiger partial charge in [0.05, 0.1) is 16.7 Å². The van der Waals surface area contributed by atoms with E-state index in [1.165, 1.54) is 10.8 Å². The van der Waals surface area contributed by atoms with Crippen molar-refractivity contribution >= 4 is 43.7 Å². The van der Waals surface area contributed by atoms with Crippen LogP contribution in [0.1, 0.15) is 0 Å². The highest BCUT2D eigenvalue weighted by molar-refractivity contribution is 6.12. The number of furan rings is 1. The van der Waals surface area contributed by atoms with Gasteiger partial charge in [-0.2, -0.15) is 0 Å². The Hall–Kier alpha value is -7.63. The van der Waals surface area contributed by atoms with Crippen LogP contribution in [0.15, 0.2) is 199 Å². The highest BCUT2D eigenvalue weighted by atomic mass is 16.3. The predicted molar refractivity (Wildman–Crippen MR) is 229 cm³/mol. The zero-order valence-corrected chi connectivity index (χ0v) is 30.2. The van der Waals surface area contributed by atoms with Gasteiger partial charge in [-0.1, -0.05) is 152 Å². The van der Waals surface area contributed by atoms with Crippen molar-refractivity contribution in [3.8, 4) is 62.1 Å². The maximum Gasteiger partial charge on any atom is 0.164 e. The van der Waals surface area contributed by atoms with E-state index < -0.39 is 0 Å². The van der Waals surface area contributed by atoms with Gasteiger partial charge in [0.15, 0.2) is 17.5 Å². The summed E-state index contributed by atoms with van der Waals surface area (Å²) in [6.07, 6.45) is 0. The molecule has 262 valence electrons. The lowest BCUT2D eigenvalue weighted by Gasteiger charge is -2.16. The molecule has 0 bridgehead atoms. The summed E-state index contributed by atoms with van der Waals surface area (Å²) in [5, 5.41) is 4.61. The Labute approximate surface area is 322 Å². The molecule has 5 nitrogen and oxygen atoms in total. The summed E-state index contributed by atoms with van der Waals surface area (Å²) in [7, 11) is 0. The third-order valence-corrected chi connectivity index (χ3v) is 10.7. The van der Waals surface area contributed by atoms with Gasteiger partial charge in [-0.3, -0.25) is 0 Å². The van der Waals surface area contributed by atoms with Crippen LogP contribution >= 0.6 is 0 Å². The van der Waals surface area contributed by atoms with Crippen molar-refractivity contribution < 1.29 is 4.42 Å². The molecule has 0 spiro atoms. The summed E-state index contributed by atoms with van der Waals surface area (Å²) in [5.74, 6) is 1.88. The van der Waals surface area contributed by atoms with Crippen molar-refractivity contribution in [2.75, 3.05) is 0 Å². The molecule has 0 radical (unpaired) electrons. The Morgan fingerprint density at radius 1 is 0.321 bits per heavy atom. The minimum Gasteiger partial charge on any atom is -0.456 e. The van der Waals surface area contributed by atoms with Crippen LogP contribution in [-0.2, 0) is 0 Å². The average molecular weight is 717 g/mol. The lowest BCUT2D eigenvalue weighted by molar-refractivity contribution is 0.669. The Balaban J connectivity index is 1.13. The van der Waals surface area contributed by atoms with Gasteiger partial charge in [-0.05, 0) is 59.2 Å². The van der Waals surface area contributed by atoms with Crippen LogP contribution in [0, 0.1) is 0 Å². The fraction of sp³-hybridized carbons (Fsp3) is 0. The molecule has 5 heteroatoms. The van der Waals surface area contributed by atoms with Crippen molar-refractivity contribution in [1.29, 1.82) is 0 Å². The van der Waals surface area contributed by atoms with Crippen LogP contribution in [0.2, 0.25) is 0 Å². The third-order valence-electron chi connectivity index (χ3n) is 10.7. The second kappa shape index (κ2) is 13.0. The standard InChI is InChI=1S/C51H32N4O/c1-4-14-33(15-5-1)39-27-24-38(51-53-49(34-16-6-2-7-17-34)52-50(54-51)35-18-8-3-9-19-35)32-46(39)55-44-22-12-10-20-40(44)42-30-36(25-28-45(42)55)37-26-29-48-43(31-37)41-21-11-13-23-47(41)56-48/h1-32H. The first-order chi connectivity index (χ1) is 27.7. The quantitative estimate of drug-likeness (QED) is 0.172. The van der Waals surface area contributed by atoms with E-state index in [-0.39, 0.29) is 0 Å². The van der Waals surface area contributed by atoms with Crippen LogP contribution in [0.4, 0.5) is 0 Å². The molecule has 0 fully saturated rings. The maximum atomic E-state index is 6.15. The van der Waals surface area contributed by atoms with E-state index >= 15 is 0 Å². The number of benzene rings is 8. The van der Waals surface area contributed by atoms with Gasteiger partial charge in [0.2, 0.25) is 0 Å². The first-order valence-corrected chi connectivity index (χ1v) is 18.8. The van der Waals surface area contributed by atoms with Gasteiger partial charge >= 0.3 is 0 Å². The highest BCUT2D eigenvalue weighted by Gasteiger charge is 2.20. The molecular formula is C51H32N4O. The van der Waals surface area contributed by atoms with Crippen LogP contribution in [0.3, 0.4) is 0 Å². The second-order valence-corrected chi connectivity index (χ2v) is 14.0. The van der Waals surface area contributed by atoms with Gasteiger partial charge < -0.3 is 8.98 Å². The van der Waals surface area contributed by atoms with Gasteiger partial charge in [-0.15, -0.1) is 0 Å². The first-order valence-electron chi connectivity index (χ1n) is 18.8. The first kappa shape index (κ1) is 31.9. The van der Waals surface area contributed by atoms with Gasteiger partial charge in [-0.25, -0.2) is 15.0 Å². The number of rotatable bonds is 6. The Morgan fingerprint density at radius 2 is 0.821 bits per heavy atom. The predicted octanol–water partition coefficient (Wildman–Crippen LogP) is 13.2. The van der Waals surface area contributed by atoms with E-state index in [1.54, 1.807) is 0 Å². The molecule has 11 aromatic rings. The molecule has 8 aromatic carbocycles. The van der Waals surface area contributed by atoms with E-state index in [4.69, 9.17) is 19.4 Å². The van der Waals surface area contributed by atoms with Gasteiger partial charge in [0.25, 0.3) is 0 Å². The molecule has 0 saturated carbocycles. The zero-order chi connectivity index (χ0) is 37.0. The lowest BCUT2D eigenvalue weighted by atomic mass is 10.00. The molecule has 0 saturated heterocycles. The second-order valence-electron chi connectivity index (χ2n) is 14.0. The number of hydrogen-bond donors (Lipinski definition) is 0. The van der Waals surface area contributed by atoms with Gasteiger partial charge in [0, 0.05) is 43.8 Å². The molecule has 0 aliphatic heterocycles. The Kier molecular flexibility index (Phi) is 7.42. The maximum absolute atomic E-state index is 6.15. The molecule has 0 aliphatic carbocycles. The van der Waals surface area contributed by atoms with Gasteiger partial charge in [0.1, 0.15) is 11.2 Å². The number of hydrogen-bond acceptors (Lipinski definition) is 4. The largest absolute Gasteiger partial charge is 0.456 e. The van der Waals surface area contributed by atoms with Crippen molar-refractivity contribution in [2.24, 2.45) is 0 Å². The molecule has 11 rings (SSSR count). The average Bonchev–Trinajstić information content (AvgIpc) is 3.82. The fourth-order valence-corrected chi connectivity index (χ4v) is 7.97. The molecule has 0 aliphatic rings. The number of nitrogens with zero attached hydrogens (tertiary/aromatic N) is 4. The molecule has 0 atom stereocenters. The van der Waals surface area contributed by atoms with E-state index in [9.17, 15) is 0 Å². The van der Waals surface area contributed by atoms with Crippen LogP contribution in [0.25, 0.3) is 106 Å². The molecule has 0 unspecified atom stereocenters. The van der Waals surface area contributed by atoms with Crippen molar-refractivity contribution in [1.82, 2.24) is 19.5 Å². The number of fused-ring (bicyclic) bond motifs is 6. The van der Waals surface area contributed by atoms with Crippen molar-refractivity contribution in [3.63, 3.8) is 0 Å². The third kappa shape index (κ3) is 5.37. The van der Waals surface area contributed by atoms with E-state index in [1.807, 2.05) is 72.8 Å². The SMILES string of the molecule is c1ccc(-c2nc(-c3ccccc3)nc(-c3ccc(-c4ccccc4)c(-n4c5ccccc5c5cc(-c6ccc7oc8ccccc8c7c6)ccc54)c3)n2)cc1. The topological polar surface area (TPSA) is 56.7 Å². The summed E-state index contributed by atoms with van der Waals surface area (Å²) in [5.41, 5.74) is 12.4. The van der Waals surface area contributed by atoms with Crippen molar-refractivity contribution in [3.05, 3.63) is 194 Å².